The Kier molecular flexibility index (Phi) is 4.30. The van der Waals surface area contributed by atoms with E-state index in [4.69, 9.17) is 4.74 Å². The minimum Gasteiger partial charge on any atom is -0.463 e. The van der Waals surface area contributed by atoms with Crippen LogP contribution >= 0.6 is 0 Å². The molecule has 0 spiro atoms. The van der Waals surface area contributed by atoms with Gasteiger partial charge < -0.3 is 4.74 Å². The first-order valence-electron chi connectivity index (χ1n) is 4.30. The van der Waals surface area contributed by atoms with Crippen molar-refractivity contribution in [3.63, 3.8) is 0 Å². The van der Waals surface area contributed by atoms with Crippen LogP contribution in [0.3, 0.4) is 0 Å². The molecule has 0 aromatic heterocycles. The fraction of sp³-hybridized carbons (Fsp3) is 0.889. The van der Waals surface area contributed by atoms with Crippen molar-refractivity contribution >= 4 is 5.97 Å². The van der Waals surface area contributed by atoms with Crippen LogP contribution in [0.5, 0.6) is 0 Å². The Morgan fingerprint density at radius 3 is 2.15 bits per heavy atom. The number of halogens is 2. The molecule has 0 aliphatic carbocycles. The van der Waals surface area contributed by atoms with E-state index in [0.717, 1.165) is 6.92 Å². The van der Waals surface area contributed by atoms with E-state index in [1.54, 1.807) is 13.8 Å². The van der Waals surface area contributed by atoms with Gasteiger partial charge in [-0.3, -0.25) is 4.79 Å². The number of esters is 1. The van der Waals surface area contributed by atoms with Crippen molar-refractivity contribution in [3.05, 3.63) is 0 Å². The fourth-order valence-electron chi connectivity index (χ4n) is 0.740. The summed E-state index contributed by atoms with van der Waals surface area (Å²) >= 11 is 0. The van der Waals surface area contributed by atoms with Crippen LogP contribution in [-0.4, -0.2) is 18.0 Å². The SMILES string of the molecule is CC(C)OC(=O)C[C@@H](C)C(C)(F)F. The van der Waals surface area contributed by atoms with Crippen molar-refractivity contribution in [1.29, 1.82) is 0 Å². The van der Waals surface area contributed by atoms with Crippen LogP contribution in [0.25, 0.3) is 0 Å². The number of hydrogen-bond donors (Lipinski definition) is 0. The zero-order valence-corrected chi connectivity index (χ0v) is 8.43. The molecular weight excluding hydrogens is 178 g/mol. The van der Waals surface area contributed by atoms with E-state index in [0.29, 0.717) is 0 Å². The highest BCUT2D eigenvalue weighted by atomic mass is 19.3. The summed E-state index contributed by atoms with van der Waals surface area (Å²) in [4.78, 5) is 11.0. The molecule has 0 saturated heterocycles. The number of rotatable bonds is 4. The van der Waals surface area contributed by atoms with Crippen LogP contribution in [0.4, 0.5) is 8.78 Å². The maximum atomic E-state index is 12.6. The zero-order chi connectivity index (χ0) is 10.6. The molecular formula is C9H16F2O2. The van der Waals surface area contributed by atoms with E-state index in [9.17, 15) is 13.6 Å². The molecule has 13 heavy (non-hydrogen) atoms. The predicted octanol–water partition coefficient (Wildman–Crippen LogP) is 2.62. The summed E-state index contributed by atoms with van der Waals surface area (Å²) in [6.07, 6.45) is -0.480. The second kappa shape index (κ2) is 4.53. The summed E-state index contributed by atoms with van der Waals surface area (Å²) in [5.74, 6) is -4.36. The van der Waals surface area contributed by atoms with Crippen LogP contribution in [0.2, 0.25) is 0 Å². The Morgan fingerprint density at radius 1 is 1.38 bits per heavy atom. The van der Waals surface area contributed by atoms with Crippen molar-refractivity contribution < 1.29 is 18.3 Å². The highest BCUT2D eigenvalue weighted by molar-refractivity contribution is 5.69. The Bertz CT molecular complexity index is 173. The maximum Gasteiger partial charge on any atom is 0.306 e. The number of hydrogen-bond acceptors (Lipinski definition) is 2. The largest absolute Gasteiger partial charge is 0.463 e. The number of ether oxygens (including phenoxy) is 1. The van der Waals surface area contributed by atoms with Crippen LogP contribution in [0.15, 0.2) is 0 Å². The van der Waals surface area contributed by atoms with Gasteiger partial charge in [0, 0.05) is 5.92 Å². The minimum absolute atomic E-state index is 0.234. The molecule has 0 rings (SSSR count). The minimum atomic E-state index is -2.82. The van der Waals surface area contributed by atoms with Gasteiger partial charge in [0.25, 0.3) is 0 Å². The molecule has 0 radical (unpaired) electrons. The van der Waals surface area contributed by atoms with E-state index < -0.39 is 17.8 Å². The molecule has 0 bridgehead atoms. The molecule has 0 aromatic rings. The average Bonchev–Trinajstić information content (AvgIpc) is 1.82. The van der Waals surface area contributed by atoms with Crippen LogP contribution in [0.1, 0.15) is 34.1 Å². The quantitative estimate of drug-likeness (QED) is 0.643. The lowest BCUT2D eigenvalue weighted by molar-refractivity contribution is -0.152. The first-order chi connectivity index (χ1) is 5.73. The van der Waals surface area contributed by atoms with Crippen LogP contribution < -0.4 is 0 Å². The molecule has 0 aromatic carbocycles. The van der Waals surface area contributed by atoms with Crippen LogP contribution in [0, 0.1) is 5.92 Å². The topological polar surface area (TPSA) is 26.3 Å². The van der Waals surface area contributed by atoms with Crippen molar-refractivity contribution in [1.82, 2.24) is 0 Å². The summed E-state index contributed by atoms with van der Waals surface area (Å²) < 4.78 is 30.0. The van der Waals surface area contributed by atoms with Crippen molar-refractivity contribution in [2.75, 3.05) is 0 Å². The van der Waals surface area contributed by atoms with Crippen molar-refractivity contribution in [2.45, 2.75) is 46.1 Å². The predicted molar refractivity (Wildman–Crippen MR) is 45.6 cm³/mol. The van der Waals surface area contributed by atoms with Gasteiger partial charge >= 0.3 is 5.97 Å². The summed E-state index contributed by atoms with van der Waals surface area (Å²) in [7, 11) is 0. The van der Waals surface area contributed by atoms with Gasteiger partial charge in [0.2, 0.25) is 5.92 Å². The number of alkyl halides is 2. The summed E-state index contributed by atoms with van der Waals surface area (Å²) in [5.41, 5.74) is 0. The molecule has 0 aliphatic heterocycles. The number of carbonyl (C=O) groups excluding carboxylic acids is 1. The lowest BCUT2D eigenvalue weighted by atomic mass is 10.0. The monoisotopic (exact) mass is 194 g/mol. The second-order valence-electron chi connectivity index (χ2n) is 3.60. The van der Waals surface area contributed by atoms with Gasteiger partial charge in [-0.05, 0) is 20.8 Å². The van der Waals surface area contributed by atoms with Gasteiger partial charge in [-0.2, -0.15) is 0 Å². The fourth-order valence-corrected chi connectivity index (χ4v) is 0.740. The third-order valence-electron chi connectivity index (χ3n) is 1.71. The first-order valence-corrected chi connectivity index (χ1v) is 4.30. The van der Waals surface area contributed by atoms with E-state index in [-0.39, 0.29) is 12.5 Å². The molecule has 0 amide bonds. The van der Waals surface area contributed by atoms with E-state index in [2.05, 4.69) is 0 Å². The molecule has 0 heterocycles. The lowest BCUT2D eigenvalue weighted by Gasteiger charge is -2.18. The Hall–Kier alpha value is -0.670. The molecule has 0 unspecified atom stereocenters. The lowest BCUT2D eigenvalue weighted by Crippen LogP contribution is -2.25. The molecule has 2 nitrogen and oxygen atoms in total. The van der Waals surface area contributed by atoms with Gasteiger partial charge in [0.15, 0.2) is 0 Å². The average molecular weight is 194 g/mol. The smallest absolute Gasteiger partial charge is 0.306 e. The summed E-state index contributed by atoms with van der Waals surface area (Å²) in [6.45, 7) is 5.52. The van der Waals surface area contributed by atoms with Crippen molar-refractivity contribution in [2.24, 2.45) is 5.92 Å². The van der Waals surface area contributed by atoms with Crippen molar-refractivity contribution in [3.8, 4) is 0 Å². The molecule has 0 saturated carbocycles. The van der Waals surface area contributed by atoms with Gasteiger partial charge in [-0.1, -0.05) is 6.92 Å². The van der Waals surface area contributed by atoms with Gasteiger partial charge in [0.1, 0.15) is 0 Å². The maximum absolute atomic E-state index is 12.6. The Labute approximate surface area is 77.3 Å². The third kappa shape index (κ3) is 5.55. The van der Waals surface area contributed by atoms with E-state index in [1.807, 2.05) is 0 Å². The van der Waals surface area contributed by atoms with Gasteiger partial charge in [0.05, 0.1) is 12.5 Å². The van der Waals surface area contributed by atoms with Crippen LogP contribution in [-0.2, 0) is 9.53 Å². The van der Waals surface area contributed by atoms with E-state index in [1.165, 1.54) is 6.92 Å². The molecule has 78 valence electrons. The highest BCUT2D eigenvalue weighted by Crippen LogP contribution is 2.26. The number of carbonyl (C=O) groups is 1. The highest BCUT2D eigenvalue weighted by Gasteiger charge is 2.32. The summed E-state index contributed by atoms with van der Waals surface area (Å²) in [5, 5.41) is 0. The standard InChI is InChI=1S/C9H16F2O2/c1-6(2)13-8(12)5-7(3)9(4,10)11/h6-7H,5H2,1-4H3/t7-/m1/s1. The third-order valence-corrected chi connectivity index (χ3v) is 1.71. The zero-order valence-electron chi connectivity index (χ0n) is 8.43. The Morgan fingerprint density at radius 2 is 1.85 bits per heavy atom. The molecule has 0 fully saturated rings. The first kappa shape index (κ1) is 12.3. The van der Waals surface area contributed by atoms with Gasteiger partial charge in [-0.15, -0.1) is 0 Å². The summed E-state index contributed by atoms with van der Waals surface area (Å²) in [6, 6.07) is 0. The molecule has 0 aliphatic rings. The molecule has 4 heteroatoms. The van der Waals surface area contributed by atoms with E-state index >= 15 is 0 Å². The van der Waals surface area contributed by atoms with Gasteiger partial charge in [-0.25, -0.2) is 8.78 Å². The second-order valence-corrected chi connectivity index (χ2v) is 3.60. The Balaban J connectivity index is 3.93. The molecule has 1 atom stereocenters. The molecule has 0 N–H and O–H groups in total. The normalized spacial score (nSPS) is 14.4.